The summed E-state index contributed by atoms with van der Waals surface area (Å²) in [6.07, 6.45) is 0. The van der Waals surface area contributed by atoms with Gasteiger partial charge in [-0.3, -0.25) is 0 Å². The molecule has 2 N–H and O–H groups in total. The summed E-state index contributed by atoms with van der Waals surface area (Å²) in [6.45, 7) is 5.43. The first-order chi connectivity index (χ1) is 10.7. The maximum atomic E-state index is 5.81. The molecule has 0 aliphatic rings. The van der Waals surface area contributed by atoms with Gasteiger partial charge in [-0.15, -0.1) is 0 Å². The molecule has 0 spiro atoms. The van der Waals surface area contributed by atoms with Crippen LogP contribution in [-0.4, -0.2) is 20.3 Å². The normalized spacial score (nSPS) is 10.4. The topological polar surface area (TPSA) is 53.7 Å². The summed E-state index contributed by atoms with van der Waals surface area (Å²) in [4.78, 5) is 0. The number of methoxy groups -OCH3 is 1. The van der Waals surface area contributed by atoms with Gasteiger partial charge in [0.2, 0.25) is 0 Å². The number of para-hydroxylation sites is 1. The molecule has 0 radical (unpaired) electrons. The standard InChI is InChI=1S/C18H23NO3/c1-13-6-4-8-16(14(13)2)21-10-11-22-18-15(12-19)7-5-9-17(18)20-3/h4-9H,10-12,19H2,1-3H3. The van der Waals surface area contributed by atoms with E-state index in [1.54, 1.807) is 7.11 Å². The molecule has 22 heavy (non-hydrogen) atoms. The molecule has 2 aromatic rings. The van der Waals surface area contributed by atoms with Crippen LogP contribution >= 0.6 is 0 Å². The lowest BCUT2D eigenvalue weighted by Crippen LogP contribution is -2.12. The lowest BCUT2D eigenvalue weighted by molar-refractivity contribution is 0.209. The Morgan fingerprint density at radius 3 is 2.32 bits per heavy atom. The molecule has 0 aliphatic carbocycles. The van der Waals surface area contributed by atoms with Gasteiger partial charge in [0.25, 0.3) is 0 Å². The molecule has 118 valence electrons. The van der Waals surface area contributed by atoms with Crippen molar-refractivity contribution < 1.29 is 14.2 Å². The Morgan fingerprint density at radius 1 is 0.909 bits per heavy atom. The Hall–Kier alpha value is -2.20. The predicted molar refractivity (Wildman–Crippen MR) is 87.8 cm³/mol. The summed E-state index contributed by atoms with van der Waals surface area (Å²) < 4.78 is 16.9. The van der Waals surface area contributed by atoms with Gasteiger partial charge in [0.15, 0.2) is 11.5 Å². The lowest BCUT2D eigenvalue weighted by Gasteiger charge is -2.15. The first kappa shape index (κ1) is 16.2. The van der Waals surface area contributed by atoms with E-state index in [1.807, 2.05) is 30.3 Å². The molecule has 0 bridgehead atoms. The summed E-state index contributed by atoms with van der Waals surface area (Å²) in [5.74, 6) is 2.27. The zero-order valence-corrected chi connectivity index (χ0v) is 13.4. The molecule has 0 aromatic heterocycles. The molecule has 0 atom stereocenters. The Balaban J connectivity index is 1.96. The zero-order chi connectivity index (χ0) is 15.9. The molecule has 4 nitrogen and oxygen atoms in total. The van der Waals surface area contributed by atoms with Crippen LogP contribution in [0.5, 0.6) is 17.2 Å². The summed E-state index contributed by atoms with van der Waals surface area (Å²) in [7, 11) is 1.62. The van der Waals surface area contributed by atoms with Crippen LogP contribution in [-0.2, 0) is 6.54 Å². The highest BCUT2D eigenvalue weighted by atomic mass is 16.5. The fraction of sp³-hybridized carbons (Fsp3) is 0.333. The van der Waals surface area contributed by atoms with E-state index >= 15 is 0 Å². The van der Waals surface area contributed by atoms with Crippen LogP contribution in [0.25, 0.3) is 0 Å². The van der Waals surface area contributed by atoms with Crippen molar-refractivity contribution in [2.24, 2.45) is 5.73 Å². The quantitative estimate of drug-likeness (QED) is 0.798. The van der Waals surface area contributed by atoms with Gasteiger partial charge in [-0.2, -0.15) is 0 Å². The van der Waals surface area contributed by atoms with Gasteiger partial charge in [0.05, 0.1) is 7.11 Å². The Labute approximate surface area is 131 Å². The monoisotopic (exact) mass is 301 g/mol. The molecule has 0 saturated heterocycles. The molecule has 0 heterocycles. The molecule has 2 aromatic carbocycles. The summed E-state index contributed by atoms with van der Waals surface area (Å²) in [6, 6.07) is 11.7. The molecule has 0 fully saturated rings. The number of hydrogen-bond donors (Lipinski definition) is 1. The molecule has 2 rings (SSSR count). The second-order valence-electron chi connectivity index (χ2n) is 5.05. The van der Waals surface area contributed by atoms with E-state index in [0.717, 1.165) is 16.9 Å². The first-order valence-corrected chi connectivity index (χ1v) is 7.35. The number of benzene rings is 2. The number of aryl methyl sites for hydroxylation is 1. The van der Waals surface area contributed by atoms with Gasteiger partial charge in [0.1, 0.15) is 19.0 Å². The van der Waals surface area contributed by atoms with Crippen LogP contribution in [0.2, 0.25) is 0 Å². The average Bonchev–Trinajstić information content (AvgIpc) is 2.55. The van der Waals surface area contributed by atoms with E-state index in [1.165, 1.54) is 5.56 Å². The molecular formula is C18H23NO3. The summed E-state index contributed by atoms with van der Waals surface area (Å²) in [5, 5.41) is 0. The molecule has 0 aliphatic heterocycles. The number of nitrogens with two attached hydrogens (primary N) is 1. The second kappa shape index (κ2) is 7.71. The lowest BCUT2D eigenvalue weighted by atomic mass is 10.1. The van der Waals surface area contributed by atoms with Crippen molar-refractivity contribution in [1.29, 1.82) is 0 Å². The summed E-state index contributed by atoms with van der Waals surface area (Å²) >= 11 is 0. The van der Waals surface area contributed by atoms with Crippen LogP contribution in [0.4, 0.5) is 0 Å². The van der Waals surface area contributed by atoms with Gasteiger partial charge < -0.3 is 19.9 Å². The zero-order valence-electron chi connectivity index (χ0n) is 13.4. The largest absolute Gasteiger partial charge is 0.493 e. The minimum atomic E-state index is 0.407. The van der Waals surface area contributed by atoms with Crippen LogP contribution in [0.3, 0.4) is 0 Å². The molecule has 4 heteroatoms. The smallest absolute Gasteiger partial charge is 0.165 e. The Morgan fingerprint density at radius 2 is 1.59 bits per heavy atom. The van der Waals surface area contributed by atoms with Crippen LogP contribution in [0.1, 0.15) is 16.7 Å². The minimum absolute atomic E-state index is 0.407. The van der Waals surface area contributed by atoms with Crippen molar-refractivity contribution in [2.45, 2.75) is 20.4 Å². The van der Waals surface area contributed by atoms with E-state index in [0.29, 0.717) is 31.3 Å². The van der Waals surface area contributed by atoms with E-state index in [2.05, 4.69) is 19.9 Å². The summed E-state index contributed by atoms with van der Waals surface area (Å²) in [5.41, 5.74) is 9.03. The van der Waals surface area contributed by atoms with E-state index in [-0.39, 0.29) is 0 Å². The fourth-order valence-corrected chi connectivity index (χ4v) is 2.22. The number of hydrogen-bond acceptors (Lipinski definition) is 4. The van der Waals surface area contributed by atoms with E-state index in [9.17, 15) is 0 Å². The third-order valence-corrected chi connectivity index (χ3v) is 3.64. The number of ether oxygens (including phenoxy) is 3. The van der Waals surface area contributed by atoms with Crippen LogP contribution in [0, 0.1) is 13.8 Å². The number of rotatable bonds is 7. The average molecular weight is 301 g/mol. The van der Waals surface area contributed by atoms with Crippen LogP contribution < -0.4 is 19.9 Å². The highest BCUT2D eigenvalue weighted by molar-refractivity contribution is 5.46. The van der Waals surface area contributed by atoms with Crippen molar-refractivity contribution in [2.75, 3.05) is 20.3 Å². The highest BCUT2D eigenvalue weighted by Crippen LogP contribution is 2.30. The SMILES string of the molecule is COc1cccc(CN)c1OCCOc1cccc(C)c1C. The molecule has 0 unspecified atom stereocenters. The Kier molecular flexibility index (Phi) is 5.67. The molecule has 0 saturated carbocycles. The van der Waals surface area contributed by atoms with Crippen molar-refractivity contribution in [3.63, 3.8) is 0 Å². The van der Waals surface area contributed by atoms with Crippen molar-refractivity contribution >= 4 is 0 Å². The maximum absolute atomic E-state index is 5.81. The third kappa shape index (κ3) is 3.71. The minimum Gasteiger partial charge on any atom is -0.493 e. The van der Waals surface area contributed by atoms with Crippen molar-refractivity contribution in [3.05, 3.63) is 53.1 Å². The van der Waals surface area contributed by atoms with E-state index < -0.39 is 0 Å². The fourth-order valence-electron chi connectivity index (χ4n) is 2.22. The highest BCUT2D eigenvalue weighted by Gasteiger charge is 2.09. The third-order valence-electron chi connectivity index (χ3n) is 3.64. The van der Waals surface area contributed by atoms with Crippen molar-refractivity contribution in [1.82, 2.24) is 0 Å². The maximum Gasteiger partial charge on any atom is 0.165 e. The Bertz CT molecular complexity index is 603. The van der Waals surface area contributed by atoms with Crippen LogP contribution in [0.15, 0.2) is 36.4 Å². The van der Waals surface area contributed by atoms with E-state index in [4.69, 9.17) is 19.9 Å². The van der Waals surface area contributed by atoms with Gasteiger partial charge in [-0.05, 0) is 37.1 Å². The second-order valence-corrected chi connectivity index (χ2v) is 5.05. The molecular weight excluding hydrogens is 278 g/mol. The van der Waals surface area contributed by atoms with Gasteiger partial charge in [-0.25, -0.2) is 0 Å². The first-order valence-electron chi connectivity index (χ1n) is 7.35. The van der Waals surface area contributed by atoms with Gasteiger partial charge in [-0.1, -0.05) is 24.3 Å². The van der Waals surface area contributed by atoms with Gasteiger partial charge >= 0.3 is 0 Å². The van der Waals surface area contributed by atoms with Gasteiger partial charge in [0, 0.05) is 12.1 Å². The molecule has 0 amide bonds. The predicted octanol–water partition coefficient (Wildman–Crippen LogP) is 3.23. The van der Waals surface area contributed by atoms with Crippen molar-refractivity contribution in [3.8, 4) is 17.2 Å².